The summed E-state index contributed by atoms with van der Waals surface area (Å²) in [7, 11) is 0. The van der Waals surface area contributed by atoms with Gasteiger partial charge in [-0.25, -0.2) is 0 Å². The van der Waals surface area contributed by atoms with Gasteiger partial charge in [-0.2, -0.15) is 13.2 Å². The van der Waals surface area contributed by atoms with Crippen LogP contribution in [0, 0.1) is 5.92 Å². The first kappa shape index (κ1) is 13.8. The Kier molecular flexibility index (Phi) is 4.34. The van der Waals surface area contributed by atoms with E-state index >= 15 is 0 Å². The average molecular weight is 262 g/mol. The molecule has 3 N–H and O–H groups in total. The first-order valence-corrected chi connectivity index (χ1v) is 5.42. The van der Waals surface area contributed by atoms with Gasteiger partial charge in [-0.05, 0) is 18.2 Å². The Balaban J connectivity index is 2.70. The van der Waals surface area contributed by atoms with Gasteiger partial charge in [0.25, 0.3) is 0 Å². The van der Waals surface area contributed by atoms with E-state index in [9.17, 15) is 13.2 Å². The summed E-state index contributed by atoms with van der Waals surface area (Å²) in [6, 6.07) is 5.02. The second-order valence-electron chi connectivity index (χ2n) is 3.76. The van der Waals surface area contributed by atoms with Crippen LogP contribution >= 0.6 is 12.2 Å². The molecule has 0 amide bonds. The number of nitrogens with one attached hydrogen (secondary N) is 1. The minimum absolute atomic E-state index is 0.0699. The maximum Gasteiger partial charge on any atom is 0.416 e. The quantitative estimate of drug-likeness (QED) is 0.819. The van der Waals surface area contributed by atoms with Crippen LogP contribution < -0.4 is 11.1 Å². The van der Waals surface area contributed by atoms with Gasteiger partial charge in [0.15, 0.2) is 0 Å². The summed E-state index contributed by atoms with van der Waals surface area (Å²) >= 11 is 4.78. The van der Waals surface area contributed by atoms with E-state index in [1.807, 2.05) is 6.92 Å². The van der Waals surface area contributed by atoms with Crippen molar-refractivity contribution in [1.29, 1.82) is 0 Å². The van der Waals surface area contributed by atoms with Gasteiger partial charge < -0.3 is 11.1 Å². The molecule has 1 atom stereocenters. The molecule has 0 heterocycles. The molecule has 1 aromatic rings. The molecular formula is C11H13F3N2S. The lowest BCUT2D eigenvalue weighted by Crippen LogP contribution is -2.25. The fourth-order valence-corrected chi connectivity index (χ4v) is 1.26. The number of hydrogen-bond acceptors (Lipinski definition) is 2. The van der Waals surface area contributed by atoms with Gasteiger partial charge in [0.2, 0.25) is 0 Å². The van der Waals surface area contributed by atoms with E-state index in [2.05, 4.69) is 5.32 Å². The number of benzene rings is 1. The molecule has 0 saturated heterocycles. The molecule has 1 aromatic carbocycles. The Morgan fingerprint density at radius 3 is 2.65 bits per heavy atom. The van der Waals surface area contributed by atoms with E-state index < -0.39 is 11.7 Å². The number of anilines is 1. The number of halogens is 3. The van der Waals surface area contributed by atoms with Crippen molar-refractivity contribution in [2.45, 2.75) is 13.1 Å². The second-order valence-corrected chi connectivity index (χ2v) is 4.23. The van der Waals surface area contributed by atoms with Gasteiger partial charge in [-0.3, -0.25) is 0 Å². The van der Waals surface area contributed by atoms with E-state index in [4.69, 9.17) is 18.0 Å². The molecule has 2 nitrogen and oxygen atoms in total. The van der Waals surface area contributed by atoms with Crippen LogP contribution in [0.15, 0.2) is 24.3 Å². The maximum atomic E-state index is 12.4. The number of alkyl halides is 3. The first-order valence-electron chi connectivity index (χ1n) is 5.01. The number of thiocarbonyl (C=S) groups is 1. The Bertz CT molecular complexity index is 404. The molecule has 1 unspecified atom stereocenters. The number of rotatable bonds is 4. The molecule has 0 aromatic heterocycles. The highest BCUT2D eigenvalue weighted by molar-refractivity contribution is 7.80. The summed E-state index contributed by atoms with van der Waals surface area (Å²) in [6.45, 7) is 2.22. The molecular weight excluding hydrogens is 249 g/mol. The molecule has 0 aliphatic heterocycles. The third kappa shape index (κ3) is 4.22. The van der Waals surface area contributed by atoms with E-state index in [1.165, 1.54) is 6.07 Å². The highest BCUT2D eigenvalue weighted by atomic mass is 32.1. The largest absolute Gasteiger partial charge is 0.416 e. The standard InChI is InChI=1S/C11H13F3N2S/c1-7(10(15)17)6-16-9-4-2-3-8(5-9)11(12,13)14/h2-5,7,16H,6H2,1H3,(H2,15,17). The molecule has 0 aliphatic rings. The Labute approximate surface area is 103 Å². The SMILES string of the molecule is CC(CNc1cccc(C(F)(F)F)c1)C(N)=S. The van der Waals surface area contributed by atoms with E-state index in [0.717, 1.165) is 12.1 Å². The maximum absolute atomic E-state index is 12.4. The van der Waals surface area contributed by atoms with E-state index in [1.54, 1.807) is 6.07 Å². The van der Waals surface area contributed by atoms with Crippen LogP contribution in [0.2, 0.25) is 0 Å². The summed E-state index contributed by atoms with van der Waals surface area (Å²) in [5.74, 6) is -0.0699. The summed E-state index contributed by atoms with van der Waals surface area (Å²) < 4.78 is 37.3. The monoisotopic (exact) mass is 262 g/mol. The Hall–Kier alpha value is -1.30. The topological polar surface area (TPSA) is 38.0 Å². The van der Waals surface area contributed by atoms with Crippen molar-refractivity contribution in [1.82, 2.24) is 0 Å². The minimum atomic E-state index is -4.33. The molecule has 0 bridgehead atoms. The molecule has 6 heteroatoms. The van der Waals surface area contributed by atoms with Gasteiger partial charge in [-0.15, -0.1) is 0 Å². The van der Waals surface area contributed by atoms with Crippen molar-refractivity contribution in [3.8, 4) is 0 Å². The van der Waals surface area contributed by atoms with Crippen LogP contribution in [-0.2, 0) is 6.18 Å². The molecule has 0 saturated carbocycles. The van der Waals surface area contributed by atoms with E-state index in [0.29, 0.717) is 17.2 Å². The second kappa shape index (κ2) is 5.35. The zero-order valence-electron chi connectivity index (χ0n) is 9.21. The molecule has 0 radical (unpaired) electrons. The zero-order valence-corrected chi connectivity index (χ0v) is 10.0. The van der Waals surface area contributed by atoms with Crippen LogP contribution in [0.5, 0.6) is 0 Å². The van der Waals surface area contributed by atoms with Crippen molar-refractivity contribution >= 4 is 22.9 Å². The van der Waals surface area contributed by atoms with Crippen LogP contribution in [0.3, 0.4) is 0 Å². The van der Waals surface area contributed by atoms with Crippen molar-refractivity contribution in [2.24, 2.45) is 11.7 Å². The normalized spacial score (nSPS) is 13.2. The summed E-state index contributed by atoms with van der Waals surface area (Å²) in [5.41, 5.74) is 5.14. The average Bonchev–Trinajstić information content (AvgIpc) is 2.25. The van der Waals surface area contributed by atoms with E-state index in [-0.39, 0.29) is 5.92 Å². The van der Waals surface area contributed by atoms with Crippen LogP contribution in [0.25, 0.3) is 0 Å². The lowest BCUT2D eigenvalue weighted by Gasteiger charge is -2.13. The first-order chi connectivity index (χ1) is 7.80. The number of hydrogen-bond donors (Lipinski definition) is 2. The fourth-order valence-electron chi connectivity index (χ4n) is 1.18. The van der Waals surface area contributed by atoms with Crippen LogP contribution in [-0.4, -0.2) is 11.5 Å². The summed E-state index contributed by atoms with van der Waals surface area (Å²) in [4.78, 5) is 0.337. The van der Waals surface area contributed by atoms with Crippen molar-refractivity contribution < 1.29 is 13.2 Å². The van der Waals surface area contributed by atoms with Gasteiger partial charge >= 0.3 is 6.18 Å². The predicted octanol–water partition coefficient (Wildman–Crippen LogP) is 3.04. The van der Waals surface area contributed by atoms with Crippen molar-refractivity contribution in [3.63, 3.8) is 0 Å². The Morgan fingerprint density at radius 1 is 1.47 bits per heavy atom. The lowest BCUT2D eigenvalue weighted by molar-refractivity contribution is -0.137. The van der Waals surface area contributed by atoms with Gasteiger partial charge in [0, 0.05) is 18.2 Å². The molecule has 0 aliphatic carbocycles. The molecule has 1 rings (SSSR count). The Morgan fingerprint density at radius 2 is 2.12 bits per heavy atom. The minimum Gasteiger partial charge on any atom is -0.393 e. The third-order valence-electron chi connectivity index (χ3n) is 2.29. The zero-order chi connectivity index (χ0) is 13.1. The molecule has 0 spiro atoms. The van der Waals surface area contributed by atoms with Gasteiger partial charge in [0.1, 0.15) is 0 Å². The molecule has 17 heavy (non-hydrogen) atoms. The smallest absolute Gasteiger partial charge is 0.393 e. The molecule has 94 valence electrons. The summed E-state index contributed by atoms with van der Waals surface area (Å²) in [5, 5.41) is 2.87. The van der Waals surface area contributed by atoms with Crippen molar-refractivity contribution in [2.75, 3.05) is 11.9 Å². The predicted molar refractivity (Wildman–Crippen MR) is 65.9 cm³/mol. The van der Waals surface area contributed by atoms with Crippen molar-refractivity contribution in [3.05, 3.63) is 29.8 Å². The lowest BCUT2D eigenvalue weighted by atomic mass is 10.1. The number of nitrogens with two attached hydrogens (primary N) is 1. The van der Waals surface area contributed by atoms with Gasteiger partial charge in [0.05, 0.1) is 10.6 Å². The highest BCUT2D eigenvalue weighted by Crippen LogP contribution is 2.30. The van der Waals surface area contributed by atoms with Gasteiger partial charge in [-0.1, -0.05) is 25.2 Å². The summed E-state index contributed by atoms with van der Waals surface area (Å²) in [6.07, 6.45) is -4.33. The highest BCUT2D eigenvalue weighted by Gasteiger charge is 2.30. The van der Waals surface area contributed by atoms with Crippen LogP contribution in [0.4, 0.5) is 18.9 Å². The van der Waals surface area contributed by atoms with Crippen LogP contribution in [0.1, 0.15) is 12.5 Å². The molecule has 0 fully saturated rings. The third-order valence-corrected chi connectivity index (χ3v) is 2.69. The fraction of sp³-hybridized carbons (Fsp3) is 0.364.